The zero-order valence-electron chi connectivity index (χ0n) is 20.5. The van der Waals surface area contributed by atoms with Gasteiger partial charge in [-0.2, -0.15) is 4.98 Å². The first-order valence-corrected chi connectivity index (χ1v) is 12.2. The van der Waals surface area contributed by atoms with Crippen LogP contribution in [0.25, 0.3) is 10.9 Å². The van der Waals surface area contributed by atoms with Crippen molar-refractivity contribution in [2.75, 3.05) is 37.0 Å². The van der Waals surface area contributed by atoms with E-state index in [-0.39, 0.29) is 29.9 Å². The quantitative estimate of drug-likeness (QED) is 0.505. The van der Waals surface area contributed by atoms with Gasteiger partial charge in [0.05, 0.1) is 11.7 Å². The highest BCUT2D eigenvalue weighted by molar-refractivity contribution is 6.32. The van der Waals surface area contributed by atoms with E-state index in [1.54, 1.807) is 16.8 Å². The normalized spacial score (nSPS) is 14.4. The molecule has 0 radical (unpaired) electrons. The van der Waals surface area contributed by atoms with Crippen molar-refractivity contribution in [3.63, 3.8) is 0 Å². The summed E-state index contributed by atoms with van der Waals surface area (Å²) in [5.74, 6) is 1.69. The molecule has 3 aromatic rings. The Bertz CT molecular complexity index is 1280. The molecule has 1 saturated heterocycles. The average Bonchev–Trinajstić information content (AvgIpc) is 2.84. The highest BCUT2D eigenvalue weighted by Crippen LogP contribution is 2.29. The first kappa shape index (κ1) is 24.8. The number of pyridine rings is 1. The Balaban J connectivity index is 1.66. The summed E-state index contributed by atoms with van der Waals surface area (Å²) in [4.78, 5) is 35.9. The number of rotatable bonds is 7. The van der Waals surface area contributed by atoms with Crippen molar-refractivity contribution in [1.29, 1.82) is 0 Å². The zero-order chi connectivity index (χ0) is 25.1. The summed E-state index contributed by atoms with van der Waals surface area (Å²) in [6, 6.07) is 7.22. The smallest absolute Gasteiger partial charge is 0.293 e. The number of piperidine rings is 1. The number of carbonyl (C=O) groups excluding carboxylic acids is 1. The van der Waals surface area contributed by atoms with E-state index in [2.05, 4.69) is 32.4 Å². The monoisotopic (exact) mass is 498 g/mol. The highest BCUT2D eigenvalue weighted by Gasteiger charge is 2.19. The van der Waals surface area contributed by atoms with Gasteiger partial charge in [-0.3, -0.25) is 9.59 Å². The molecular formula is C25H31ClN6O3. The Morgan fingerprint density at radius 2 is 2.00 bits per heavy atom. The number of halogens is 1. The lowest BCUT2D eigenvalue weighted by atomic mass is 10.00. The number of ether oxygens (including phenoxy) is 1. The van der Waals surface area contributed by atoms with Crippen LogP contribution in [0.3, 0.4) is 0 Å². The van der Waals surface area contributed by atoms with Crippen LogP contribution in [0.2, 0.25) is 5.02 Å². The second kappa shape index (κ2) is 10.5. The fraction of sp³-hybridized carbons (Fsp3) is 0.440. The molecule has 1 fully saturated rings. The molecule has 2 N–H and O–H groups in total. The molecule has 0 aliphatic carbocycles. The molecule has 0 saturated carbocycles. The van der Waals surface area contributed by atoms with Gasteiger partial charge < -0.3 is 24.8 Å². The maximum absolute atomic E-state index is 13.0. The largest absolute Gasteiger partial charge is 0.478 e. The van der Waals surface area contributed by atoms with Crippen LogP contribution in [0.15, 0.2) is 35.3 Å². The van der Waals surface area contributed by atoms with Gasteiger partial charge in [-0.25, -0.2) is 4.98 Å². The molecule has 35 heavy (non-hydrogen) atoms. The van der Waals surface area contributed by atoms with Crippen molar-refractivity contribution < 1.29 is 9.53 Å². The van der Waals surface area contributed by atoms with Crippen LogP contribution in [0.4, 0.5) is 17.5 Å². The van der Waals surface area contributed by atoms with Gasteiger partial charge in [-0.05, 0) is 56.9 Å². The molecule has 2 aromatic heterocycles. The standard InChI is InChI=1S/C25H31ClN6O3/c1-15(2)32-20-6-5-18(11-17(20)12-21(24(32)34)35-14-22(33)27-4)29-23-19(26)13-28-25(30-23)31-9-7-16(3)8-10-31/h5-6,11-13,15-16H,7-10,14H2,1-4H3,(H,27,33)(H,28,29,30). The summed E-state index contributed by atoms with van der Waals surface area (Å²) < 4.78 is 7.20. The summed E-state index contributed by atoms with van der Waals surface area (Å²) in [6.07, 6.45) is 3.84. The van der Waals surface area contributed by atoms with Crippen molar-refractivity contribution in [2.45, 2.75) is 39.7 Å². The van der Waals surface area contributed by atoms with Crippen LogP contribution in [-0.4, -0.2) is 47.2 Å². The van der Waals surface area contributed by atoms with Gasteiger partial charge in [0.15, 0.2) is 18.2 Å². The molecule has 186 valence electrons. The fourth-order valence-electron chi connectivity index (χ4n) is 4.17. The molecule has 0 bridgehead atoms. The van der Waals surface area contributed by atoms with Crippen molar-refractivity contribution in [2.24, 2.45) is 5.92 Å². The summed E-state index contributed by atoms with van der Waals surface area (Å²) in [5.41, 5.74) is 1.23. The summed E-state index contributed by atoms with van der Waals surface area (Å²) in [7, 11) is 1.52. The number of hydrogen-bond acceptors (Lipinski definition) is 7. The van der Waals surface area contributed by atoms with Gasteiger partial charge in [-0.15, -0.1) is 0 Å². The summed E-state index contributed by atoms with van der Waals surface area (Å²) in [6.45, 7) is 7.73. The number of amides is 1. The summed E-state index contributed by atoms with van der Waals surface area (Å²) in [5, 5.41) is 6.98. The minimum atomic E-state index is -0.312. The van der Waals surface area contributed by atoms with Gasteiger partial charge in [-0.1, -0.05) is 18.5 Å². The molecule has 10 heteroatoms. The second-order valence-electron chi connectivity index (χ2n) is 9.17. The lowest BCUT2D eigenvalue weighted by Crippen LogP contribution is -2.34. The molecule has 4 rings (SSSR count). The van der Waals surface area contributed by atoms with Gasteiger partial charge >= 0.3 is 0 Å². The topological polar surface area (TPSA) is 101 Å². The van der Waals surface area contributed by atoms with E-state index in [4.69, 9.17) is 16.3 Å². The van der Waals surface area contributed by atoms with Gasteiger partial charge in [0.25, 0.3) is 11.5 Å². The molecule has 0 atom stereocenters. The Labute approximate surface area is 209 Å². The van der Waals surface area contributed by atoms with Crippen LogP contribution in [0.5, 0.6) is 5.75 Å². The van der Waals surface area contributed by atoms with E-state index >= 15 is 0 Å². The van der Waals surface area contributed by atoms with Crippen LogP contribution in [-0.2, 0) is 4.79 Å². The lowest BCUT2D eigenvalue weighted by molar-refractivity contribution is -0.122. The van der Waals surface area contributed by atoms with E-state index < -0.39 is 0 Å². The van der Waals surface area contributed by atoms with Crippen molar-refractivity contribution >= 4 is 45.9 Å². The molecule has 1 amide bonds. The number of benzene rings is 1. The number of nitrogens with one attached hydrogen (secondary N) is 2. The Kier molecular flexibility index (Phi) is 7.45. The lowest BCUT2D eigenvalue weighted by Gasteiger charge is -2.30. The van der Waals surface area contributed by atoms with E-state index in [9.17, 15) is 9.59 Å². The molecule has 1 aromatic carbocycles. The second-order valence-corrected chi connectivity index (χ2v) is 9.58. The van der Waals surface area contributed by atoms with Crippen LogP contribution in [0, 0.1) is 5.92 Å². The average molecular weight is 499 g/mol. The molecule has 1 aliphatic heterocycles. The molecular weight excluding hydrogens is 468 g/mol. The number of hydrogen-bond donors (Lipinski definition) is 2. The predicted octanol–water partition coefficient (Wildman–Crippen LogP) is 4.13. The highest BCUT2D eigenvalue weighted by atomic mass is 35.5. The Morgan fingerprint density at radius 1 is 1.26 bits per heavy atom. The summed E-state index contributed by atoms with van der Waals surface area (Å²) >= 11 is 6.41. The van der Waals surface area contributed by atoms with Gasteiger partial charge in [0.2, 0.25) is 5.95 Å². The molecule has 0 spiro atoms. The van der Waals surface area contributed by atoms with E-state index in [0.717, 1.165) is 42.5 Å². The van der Waals surface area contributed by atoms with Crippen molar-refractivity contribution in [1.82, 2.24) is 19.9 Å². The van der Waals surface area contributed by atoms with Crippen LogP contribution >= 0.6 is 11.6 Å². The number of nitrogens with zero attached hydrogens (tertiary/aromatic N) is 4. The number of aromatic nitrogens is 3. The number of likely N-dealkylation sites (N-methyl/N-ethyl adjacent to an activating group) is 1. The Hall–Kier alpha value is -3.33. The van der Waals surface area contributed by atoms with Crippen molar-refractivity contribution in [3.05, 3.63) is 45.8 Å². The fourth-order valence-corrected chi connectivity index (χ4v) is 4.31. The van der Waals surface area contributed by atoms with E-state index in [0.29, 0.717) is 22.7 Å². The Morgan fingerprint density at radius 3 is 2.69 bits per heavy atom. The first-order chi connectivity index (χ1) is 16.8. The van der Waals surface area contributed by atoms with Crippen LogP contribution < -0.4 is 25.8 Å². The third-order valence-electron chi connectivity index (χ3n) is 6.22. The number of fused-ring (bicyclic) bond motifs is 1. The number of carbonyl (C=O) groups is 1. The van der Waals surface area contributed by atoms with E-state index in [1.807, 2.05) is 32.0 Å². The van der Waals surface area contributed by atoms with Gasteiger partial charge in [0, 0.05) is 37.3 Å². The minimum absolute atomic E-state index is 0.0986. The van der Waals surface area contributed by atoms with Crippen LogP contribution in [0.1, 0.15) is 39.7 Å². The zero-order valence-corrected chi connectivity index (χ0v) is 21.2. The SMILES string of the molecule is CNC(=O)COc1cc2cc(Nc3nc(N4CCC(C)CC4)ncc3Cl)ccc2n(C(C)C)c1=O. The maximum Gasteiger partial charge on any atom is 0.293 e. The number of anilines is 3. The predicted molar refractivity (Wildman–Crippen MR) is 139 cm³/mol. The maximum atomic E-state index is 13.0. The third-order valence-corrected chi connectivity index (χ3v) is 6.49. The van der Waals surface area contributed by atoms with Gasteiger partial charge in [0.1, 0.15) is 5.02 Å². The molecule has 0 unspecified atom stereocenters. The minimum Gasteiger partial charge on any atom is -0.478 e. The van der Waals surface area contributed by atoms with Crippen molar-refractivity contribution in [3.8, 4) is 5.75 Å². The molecule has 1 aliphatic rings. The molecule has 9 nitrogen and oxygen atoms in total. The van der Waals surface area contributed by atoms with E-state index in [1.165, 1.54) is 7.05 Å². The third kappa shape index (κ3) is 5.51. The first-order valence-electron chi connectivity index (χ1n) is 11.8. The molecule has 3 heterocycles.